The predicted molar refractivity (Wildman–Crippen MR) is 81.2 cm³/mol. The first-order valence-electron chi connectivity index (χ1n) is 6.79. The predicted octanol–water partition coefficient (Wildman–Crippen LogP) is 3.70. The van der Waals surface area contributed by atoms with Crippen molar-refractivity contribution in [3.63, 3.8) is 0 Å². The van der Waals surface area contributed by atoms with E-state index in [9.17, 15) is 5.11 Å². The summed E-state index contributed by atoms with van der Waals surface area (Å²) in [5.74, 6) is 0. The van der Waals surface area contributed by atoms with E-state index in [1.807, 2.05) is 35.2 Å². The van der Waals surface area contributed by atoms with Crippen LogP contribution in [0, 0.1) is 13.8 Å². The van der Waals surface area contributed by atoms with Crippen molar-refractivity contribution < 1.29 is 5.11 Å². The molecule has 3 rings (SSSR count). The number of nitrogens with zero attached hydrogens (tertiary/aromatic N) is 2. The SMILES string of the molecule is Cc1cc2ncn(-c3ccccc3[C@H](C)O)c2cc1C. The average Bonchev–Trinajstić information content (AvgIpc) is 2.82. The van der Waals surface area contributed by atoms with Crippen LogP contribution in [0.1, 0.15) is 29.7 Å². The van der Waals surface area contributed by atoms with Gasteiger partial charge in [0.25, 0.3) is 0 Å². The lowest BCUT2D eigenvalue weighted by molar-refractivity contribution is 0.199. The highest BCUT2D eigenvalue weighted by molar-refractivity contribution is 5.79. The molecule has 1 heterocycles. The van der Waals surface area contributed by atoms with Crippen LogP contribution in [0.2, 0.25) is 0 Å². The van der Waals surface area contributed by atoms with E-state index in [1.54, 1.807) is 6.92 Å². The Balaban J connectivity index is 2.28. The normalized spacial score (nSPS) is 12.8. The smallest absolute Gasteiger partial charge is 0.100 e. The Labute approximate surface area is 118 Å². The molecule has 0 spiro atoms. The zero-order chi connectivity index (χ0) is 14.3. The van der Waals surface area contributed by atoms with Gasteiger partial charge in [-0.15, -0.1) is 0 Å². The van der Waals surface area contributed by atoms with Crippen LogP contribution in [0.15, 0.2) is 42.7 Å². The molecule has 0 fully saturated rings. The minimum absolute atomic E-state index is 0.504. The number of aromatic nitrogens is 2. The van der Waals surface area contributed by atoms with E-state index >= 15 is 0 Å². The molecular weight excluding hydrogens is 248 g/mol. The third-order valence-corrected chi connectivity index (χ3v) is 3.81. The Morgan fingerprint density at radius 2 is 1.80 bits per heavy atom. The standard InChI is InChI=1S/C17H18N2O/c1-11-8-15-17(9-12(11)2)19(10-18-15)16-7-5-4-6-14(16)13(3)20/h4-10,13,20H,1-3H3/t13-/m0/s1. The van der Waals surface area contributed by atoms with Crippen molar-refractivity contribution in [2.45, 2.75) is 26.9 Å². The second-order valence-corrected chi connectivity index (χ2v) is 5.27. The minimum Gasteiger partial charge on any atom is -0.389 e. The van der Waals surface area contributed by atoms with Gasteiger partial charge in [0.2, 0.25) is 0 Å². The molecule has 20 heavy (non-hydrogen) atoms. The van der Waals surface area contributed by atoms with Gasteiger partial charge in [0.05, 0.1) is 22.8 Å². The number of aliphatic hydroxyl groups excluding tert-OH is 1. The molecule has 1 N–H and O–H groups in total. The maximum absolute atomic E-state index is 9.94. The molecule has 0 saturated carbocycles. The van der Waals surface area contributed by atoms with Crippen LogP contribution >= 0.6 is 0 Å². The highest BCUT2D eigenvalue weighted by Crippen LogP contribution is 2.26. The molecule has 0 aliphatic carbocycles. The van der Waals surface area contributed by atoms with Gasteiger partial charge in [0, 0.05) is 5.56 Å². The largest absolute Gasteiger partial charge is 0.389 e. The van der Waals surface area contributed by atoms with Gasteiger partial charge in [-0.1, -0.05) is 18.2 Å². The van der Waals surface area contributed by atoms with Crippen LogP contribution in [0.4, 0.5) is 0 Å². The van der Waals surface area contributed by atoms with Crippen LogP contribution in [-0.4, -0.2) is 14.7 Å². The lowest BCUT2D eigenvalue weighted by Crippen LogP contribution is -2.01. The summed E-state index contributed by atoms with van der Waals surface area (Å²) in [6, 6.07) is 12.1. The number of para-hydroxylation sites is 1. The van der Waals surface area contributed by atoms with Gasteiger partial charge >= 0.3 is 0 Å². The molecule has 0 unspecified atom stereocenters. The first kappa shape index (κ1) is 12.9. The van der Waals surface area contributed by atoms with E-state index < -0.39 is 6.10 Å². The van der Waals surface area contributed by atoms with Gasteiger partial charge < -0.3 is 5.11 Å². The molecule has 3 nitrogen and oxygen atoms in total. The molecule has 0 aliphatic heterocycles. The van der Waals surface area contributed by atoms with Gasteiger partial charge in [-0.05, 0) is 50.1 Å². The highest BCUT2D eigenvalue weighted by atomic mass is 16.3. The number of hydrogen-bond acceptors (Lipinski definition) is 2. The third kappa shape index (κ3) is 2.00. The zero-order valence-corrected chi connectivity index (χ0v) is 12.0. The quantitative estimate of drug-likeness (QED) is 0.768. The Morgan fingerprint density at radius 3 is 2.55 bits per heavy atom. The number of hydrogen-bond donors (Lipinski definition) is 1. The number of benzene rings is 2. The first-order valence-corrected chi connectivity index (χ1v) is 6.79. The fraction of sp³-hybridized carbons (Fsp3) is 0.235. The number of rotatable bonds is 2. The van der Waals surface area contributed by atoms with Gasteiger partial charge in [-0.2, -0.15) is 0 Å². The van der Waals surface area contributed by atoms with E-state index in [0.29, 0.717) is 0 Å². The Morgan fingerprint density at radius 1 is 1.10 bits per heavy atom. The fourth-order valence-corrected chi connectivity index (χ4v) is 2.52. The Kier molecular flexibility index (Phi) is 3.07. The van der Waals surface area contributed by atoms with Crippen LogP contribution < -0.4 is 0 Å². The second-order valence-electron chi connectivity index (χ2n) is 5.27. The van der Waals surface area contributed by atoms with E-state index in [4.69, 9.17) is 0 Å². The molecule has 3 heteroatoms. The Bertz CT molecular complexity index is 772. The lowest BCUT2D eigenvalue weighted by Gasteiger charge is -2.13. The molecule has 102 valence electrons. The van der Waals surface area contributed by atoms with Crippen molar-refractivity contribution in [2.24, 2.45) is 0 Å². The summed E-state index contributed by atoms with van der Waals surface area (Å²) in [5.41, 5.74) is 6.42. The van der Waals surface area contributed by atoms with Crippen molar-refractivity contribution in [3.05, 3.63) is 59.4 Å². The molecule has 0 bridgehead atoms. The summed E-state index contributed by atoms with van der Waals surface area (Å²) in [4.78, 5) is 4.48. The number of aryl methyl sites for hydroxylation is 2. The van der Waals surface area contributed by atoms with Gasteiger partial charge in [-0.25, -0.2) is 4.98 Å². The monoisotopic (exact) mass is 266 g/mol. The summed E-state index contributed by atoms with van der Waals surface area (Å²) in [5, 5.41) is 9.94. The van der Waals surface area contributed by atoms with Gasteiger partial charge in [-0.3, -0.25) is 4.57 Å². The summed E-state index contributed by atoms with van der Waals surface area (Å²) in [6.45, 7) is 5.98. The molecule has 0 amide bonds. The summed E-state index contributed by atoms with van der Waals surface area (Å²) < 4.78 is 2.05. The van der Waals surface area contributed by atoms with E-state index in [0.717, 1.165) is 22.3 Å². The topological polar surface area (TPSA) is 38.0 Å². The van der Waals surface area contributed by atoms with Crippen molar-refractivity contribution in [1.82, 2.24) is 9.55 Å². The second kappa shape index (κ2) is 4.76. The maximum atomic E-state index is 9.94. The molecular formula is C17H18N2O. The van der Waals surface area contributed by atoms with E-state index in [2.05, 4.69) is 31.0 Å². The lowest BCUT2D eigenvalue weighted by atomic mass is 10.1. The van der Waals surface area contributed by atoms with Crippen LogP contribution in [-0.2, 0) is 0 Å². The first-order chi connectivity index (χ1) is 9.58. The molecule has 0 saturated heterocycles. The highest BCUT2D eigenvalue weighted by Gasteiger charge is 2.12. The van der Waals surface area contributed by atoms with Crippen LogP contribution in [0.3, 0.4) is 0 Å². The minimum atomic E-state index is -0.504. The maximum Gasteiger partial charge on any atom is 0.100 e. The zero-order valence-electron chi connectivity index (χ0n) is 12.0. The number of aliphatic hydroxyl groups is 1. The Hall–Kier alpha value is -2.13. The molecule has 0 aliphatic rings. The van der Waals surface area contributed by atoms with Crippen molar-refractivity contribution in [1.29, 1.82) is 0 Å². The molecule has 0 radical (unpaired) electrons. The van der Waals surface area contributed by atoms with Crippen molar-refractivity contribution >= 4 is 11.0 Å². The third-order valence-electron chi connectivity index (χ3n) is 3.81. The molecule has 1 atom stereocenters. The summed E-state index contributed by atoms with van der Waals surface area (Å²) >= 11 is 0. The van der Waals surface area contributed by atoms with Gasteiger partial charge in [0.15, 0.2) is 0 Å². The van der Waals surface area contributed by atoms with E-state index in [-0.39, 0.29) is 0 Å². The van der Waals surface area contributed by atoms with Crippen molar-refractivity contribution in [3.8, 4) is 5.69 Å². The van der Waals surface area contributed by atoms with Crippen molar-refractivity contribution in [2.75, 3.05) is 0 Å². The number of fused-ring (bicyclic) bond motifs is 1. The molecule has 3 aromatic rings. The van der Waals surface area contributed by atoms with E-state index in [1.165, 1.54) is 11.1 Å². The average molecular weight is 266 g/mol. The fourth-order valence-electron chi connectivity index (χ4n) is 2.52. The van der Waals surface area contributed by atoms with Crippen LogP contribution in [0.5, 0.6) is 0 Å². The molecule has 2 aromatic carbocycles. The van der Waals surface area contributed by atoms with Crippen LogP contribution in [0.25, 0.3) is 16.7 Å². The molecule has 1 aromatic heterocycles. The summed E-state index contributed by atoms with van der Waals surface area (Å²) in [6.07, 6.45) is 1.32. The summed E-state index contributed by atoms with van der Waals surface area (Å²) in [7, 11) is 0. The number of imidazole rings is 1. The van der Waals surface area contributed by atoms with Gasteiger partial charge in [0.1, 0.15) is 6.33 Å².